The second-order valence-electron chi connectivity index (χ2n) is 8.10. The smallest absolute Gasteiger partial charge is 0.407 e. The minimum absolute atomic E-state index is 0.103. The summed E-state index contributed by atoms with van der Waals surface area (Å²) in [6.07, 6.45) is -0.183. The molecule has 32 heavy (non-hydrogen) atoms. The molecular weight excluding hydrogens is 523 g/mol. The van der Waals surface area contributed by atoms with Gasteiger partial charge in [0.05, 0.1) is 21.2 Å². The Morgan fingerprint density at radius 2 is 1.88 bits per heavy atom. The first kappa shape index (κ1) is 25.5. The molecule has 2 aromatic carbocycles. The molecule has 0 fully saturated rings. The van der Waals surface area contributed by atoms with Crippen LogP contribution in [0.25, 0.3) is 0 Å². The lowest BCUT2D eigenvalue weighted by atomic mass is 10.1. The van der Waals surface area contributed by atoms with E-state index >= 15 is 0 Å². The highest BCUT2D eigenvalue weighted by Crippen LogP contribution is 2.22. The number of nitrogens with zero attached hydrogens (tertiary/aromatic N) is 1. The molecular formula is C24H27IN2O5. The summed E-state index contributed by atoms with van der Waals surface area (Å²) in [7, 11) is 0. The maximum atomic E-state index is 12.3. The Morgan fingerprint density at radius 1 is 1.16 bits per heavy atom. The van der Waals surface area contributed by atoms with Gasteiger partial charge in [0.1, 0.15) is 24.6 Å². The van der Waals surface area contributed by atoms with Crippen LogP contribution in [-0.2, 0) is 20.9 Å². The number of esters is 1. The van der Waals surface area contributed by atoms with E-state index in [-0.39, 0.29) is 25.6 Å². The van der Waals surface area contributed by atoms with Crippen LogP contribution in [0.15, 0.2) is 48.5 Å². The van der Waals surface area contributed by atoms with Gasteiger partial charge in [0, 0.05) is 6.42 Å². The molecule has 1 amide bonds. The molecule has 0 unspecified atom stereocenters. The average molecular weight is 550 g/mol. The number of ether oxygens (including phenoxy) is 3. The van der Waals surface area contributed by atoms with E-state index in [2.05, 4.69) is 34.0 Å². The molecule has 0 spiro atoms. The summed E-state index contributed by atoms with van der Waals surface area (Å²) in [5, 5.41) is 11.9. The van der Waals surface area contributed by atoms with Crippen LogP contribution in [0.4, 0.5) is 4.79 Å². The van der Waals surface area contributed by atoms with E-state index < -0.39 is 17.7 Å². The normalized spacial score (nSPS) is 11.7. The number of nitriles is 1. The van der Waals surface area contributed by atoms with Crippen molar-refractivity contribution in [3.63, 3.8) is 0 Å². The summed E-state index contributed by atoms with van der Waals surface area (Å²) in [4.78, 5) is 24.5. The maximum absolute atomic E-state index is 12.3. The quantitative estimate of drug-likeness (QED) is 0.350. The van der Waals surface area contributed by atoms with Gasteiger partial charge in [-0.1, -0.05) is 30.3 Å². The Morgan fingerprint density at radius 3 is 2.53 bits per heavy atom. The van der Waals surface area contributed by atoms with Gasteiger partial charge in [-0.3, -0.25) is 4.79 Å². The van der Waals surface area contributed by atoms with E-state index in [4.69, 9.17) is 19.5 Å². The SMILES string of the molecule is CC(C)(C)OC(=O)N[C@@H](CCC(=O)OCc1ccccc1)COc1cc(C#N)ccc1I. The van der Waals surface area contributed by atoms with E-state index in [9.17, 15) is 9.59 Å². The first-order valence-corrected chi connectivity index (χ1v) is 11.3. The van der Waals surface area contributed by atoms with Crippen LogP contribution in [0.3, 0.4) is 0 Å². The van der Waals surface area contributed by atoms with Crippen molar-refractivity contribution in [2.75, 3.05) is 6.61 Å². The van der Waals surface area contributed by atoms with E-state index in [1.165, 1.54) is 0 Å². The minimum atomic E-state index is -0.652. The molecule has 0 aliphatic heterocycles. The second-order valence-corrected chi connectivity index (χ2v) is 9.26. The first-order chi connectivity index (χ1) is 15.2. The third kappa shape index (κ3) is 9.56. The maximum Gasteiger partial charge on any atom is 0.407 e. The van der Waals surface area contributed by atoms with Gasteiger partial charge in [0.25, 0.3) is 0 Å². The van der Waals surface area contributed by atoms with E-state index in [1.807, 2.05) is 30.3 Å². The number of nitrogens with one attached hydrogen (secondary N) is 1. The van der Waals surface area contributed by atoms with Crippen LogP contribution in [-0.4, -0.2) is 30.3 Å². The van der Waals surface area contributed by atoms with Gasteiger partial charge in [0.2, 0.25) is 0 Å². The number of alkyl carbamates (subject to hydrolysis) is 1. The predicted octanol–water partition coefficient (Wildman–Crippen LogP) is 4.96. The number of hydrogen-bond donors (Lipinski definition) is 1. The summed E-state index contributed by atoms with van der Waals surface area (Å²) in [6.45, 7) is 5.62. The highest BCUT2D eigenvalue weighted by molar-refractivity contribution is 14.1. The predicted molar refractivity (Wildman–Crippen MR) is 128 cm³/mol. The molecule has 0 saturated carbocycles. The topological polar surface area (TPSA) is 97.7 Å². The Hall–Kier alpha value is -2.80. The number of carbonyl (C=O) groups is 2. The van der Waals surface area contributed by atoms with Crippen molar-refractivity contribution in [3.05, 3.63) is 63.2 Å². The highest BCUT2D eigenvalue weighted by Gasteiger charge is 2.21. The molecule has 0 bridgehead atoms. The molecule has 7 nitrogen and oxygen atoms in total. The average Bonchev–Trinajstić information content (AvgIpc) is 2.74. The summed E-state index contributed by atoms with van der Waals surface area (Å²) in [5.74, 6) is 0.165. The molecule has 0 heterocycles. The van der Waals surface area contributed by atoms with Gasteiger partial charge in [-0.2, -0.15) is 5.26 Å². The van der Waals surface area contributed by atoms with Crippen LogP contribution in [0.1, 0.15) is 44.7 Å². The number of rotatable bonds is 9. The molecule has 1 atom stereocenters. The van der Waals surface area contributed by atoms with Crippen molar-refractivity contribution in [1.82, 2.24) is 5.32 Å². The van der Waals surface area contributed by atoms with Crippen LogP contribution in [0, 0.1) is 14.9 Å². The van der Waals surface area contributed by atoms with E-state index in [0.29, 0.717) is 17.7 Å². The van der Waals surface area contributed by atoms with Crippen LogP contribution in [0.5, 0.6) is 5.75 Å². The number of benzene rings is 2. The summed E-state index contributed by atoms with van der Waals surface area (Å²) in [6, 6.07) is 16.1. The zero-order valence-electron chi connectivity index (χ0n) is 18.4. The van der Waals surface area contributed by atoms with Crippen molar-refractivity contribution in [3.8, 4) is 11.8 Å². The van der Waals surface area contributed by atoms with Gasteiger partial charge in [-0.15, -0.1) is 0 Å². The second kappa shape index (κ2) is 12.3. The van der Waals surface area contributed by atoms with E-state index in [0.717, 1.165) is 9.13 Å². The lowest BCUT2D eigenvalue weighted by Gasteiger charge is -2.24. The standard InChI is InChI=1S/C24H27IN2O5/c1-24(2,3)32-23(29)27-19(16-30-21-13-18(14-26)9-11-20(21)25)10-12-22(28)31-15-17-7-5-4-6-8-17/h4-9,11,13,19H,10,12,15-16H2,1-3H3,(H,27,29)/t19-/m0/s1. The molecule has 0 saturated heterocycles. The fraction of sp³-hybridized carbons (Fsp3) is 0.375. The molecule has 0 aliphatic carbocycles. The molecule has 8 heteroatoms. The highest BCUT2D eigenvalue weighted by atomic mass is 127. The van der Waals surface area contributed by atoms with Crippen molar-refractivity contribution < 1.29 is 23.8 Å². The first-order valence-electron chi connectivity index (χ1n) is 10.2. The monoisotopic (exact) mass is 550 g/mol. The van der Waals surface area contributed by atoms with Crippen molar-refractivity contribution >= 4 is 34.7 Å². The molecule has 0 aliphatic rings. The Kier molecular flexibility index (Phi) is 9.78. The largest absolute Gasteiger partial charge is 0.490 e. The molecule has 0 aromatic heterocycles. The van der Waals surface area contributed by atoms with Crippen molar-refractivity contribution in [2.45, 2.75) is 51.9 Å². The fourth-order valence-electron chi connectivity index (χ4n) is 2.65. The van der Waals surface area contributed by atoms with Gasteiger partial charge in [-0.05, 0) is 73.5 Å². The summed E-state index contributed by atoms with van der Waals surface area (Å²) >= 11 is 2.11. The number of carbonyl (C=O) groups excluding carboxylic acids is 2. The van der Waals surface area contributed by atoms with Gasteiger partial charge >= 0.3 is 12.1 Å². The third-order valence-electron chi connectivity index (χ3n) is 4.16. The zero-order chi connectivity index (χ0) is 23.6. The molecule has 1 N–H and O–H groups in total. The number of halogens is 1. The zero-order valence-corrected chi connectivity index (χ0v) is 20.5. The lowest BCUT2D eigenvalue weighted by Crippen LogP contribution is -2.42. The van der Waals surface area contributed by atoms with Gasteiger partial charge in [-0.25, -0.2) is 4.79 Å². The fourth-order valence-corrected chi connectivity index (χ4v) is 3.14. The van der Waals surface area contributed by atoms with Gasteiger partial charge < -0.3 is 19.5 Å². The molecule has 2 rings (SSSR count). The summed E-state index contributed by atoms with van der Waals surface area (Å²) < 4.78 is 17.3. The lowest BCUT2D eigenvalue weighted by molar-refractivity contribution is -0.145. The Bertz CT molecular complexity index is 951. The minimum Gasteiger partial charge on any atom is -0.490 e. The van der Waals surface area contributed by atoms with Crippen molar-refractivity contribution in [2.24, 2.45) is 0 Å². The molecule has 0 radical (unpaired) electrons. The Balaban J connectivity index is 1.96. The van der Waals surface area contributed by atoms with Crippen molar-refractivity contribution in [1.29, 1.82) is 5.26 Å². The summed E-state index contributed by atoms with van der Waals surface area (Å²) in [5.41, 5.74) is 0.724. The number of hydrogen-bond acceptors (Lipinski definition) is 6. The third-order valence-corrected chi connectivity index (χ3v) is 5.05. The molecule has 2 aromatic rings. The van der Waals surface area contributed by atoms with Crippen LogP contribution >= 0.6 is 22.6 Å². The Labute approximate surface area is 202 Å². The van der Waals surface area contributed by atoms with Gasteiger partial charge in [0.15, 0.2) is 0 Å². The molecule has 170 valence electrons. The van der Waals surface area contributed by atoms with E-state index in [1.54, 1.807) is 39.0 Å². The van der Waals surface area contributed by atoms with Crippen LogP contribution in [0.2, 0.25) is 0 Å². The van der Waals surface area contributed by atoms with Crippen LogP contribution < -0.4 is 10.1 Å². The number of amides is 1.